The molecule has 1 heterocycles. The Morgan fingerprint density at radius 2 is 2.26 bits per heavy atom. The number of hydrogen-bond acceptors (Lipinski definition) is 5. The lowest BCUT2D eigenvalue weighted by Crippen LogP contribution is -2.18. The van der Waals surface area contributed by atoms with Gasteiger partial charge in [-0.2, -0.15) is 16.7 Å². The Kier molecular flexibility index (Phi) is 3.48. The van der Waals surface area contributed by atoms with Crippen LogP contribution in [0.25, 0.3) is 0 Å². The first-order valence-electron chi connectivity index (χ1n) is 6.89. The van der Waals surface area contributed by atoms with Gasteiger partial charge in [0.1, 0.15) is 5.82 Å². The fourth-order valence-electron chi connectivity index (χ4n) is 1.99. The van der Waals surface area contributed by atoms with Gasteiger partial charge in [-0.3, -0.25) is 0 Å². The van der Waals surface area contributed by atoms with Crippen LogP contribution in [0.1, 0.15) is 25.7 Å². The van der Waals surface area contributed by atoms with Crippen LogP contribution in [0.4, 0.5) is 11.5 Å². The number of nitrogens with zero attached hydrogens (tertiary/aromatic N) is 1. The van der Waals surface area contributed by atoms with E-state index in [2.05, 4.69) is 16.6 Å². The van der Waals surface area contributed by atoms with Crippen LogP contribution in [0.2, 0.25) is 0 Å². The second-order valence-electron chi connectivity index (χ2n) is 5.59. The van der Waals surface area contributed by atoms with E-state index in [0.717, 1.165) is 19.0 Å². The molecule has 0 amide bonds. The lowest BCUT2D eigenvalue weighted by molar-refractivity contribution is 0.290. The van der Waals surface area contributed by atoms with E-state index in [0.29, 0.717) is 22.2 Å². The normalized spacial score (nSPS) is 20.1. The number of rotatable bonds is 7. The summed E-state index contributed by atoms with van der Waals surface area (Å²) < 4.78 is 6.12. The molecule has 0 saturated heterocycles. The van der Waals surface area contributed by atoms with Crippen molar-refractivity contribution in [1.82, 2.24) is 4.98 Å². The molecule has 0 aliphatic heterocycles. The Bertz CT molecular complexity index is 458. The van der Waals surface area contributed by atoms with Crippen molar-refractivity contribution >= 4 is 23.3 Å². The van der Waals surface area contributed by atoms with E-state index in [1.54, 1.807) is 0 Å². The third-order valence-corrected chi connectivity index (χ3v) is 5.29. The molecule has 0 atom stereocenters. The quantitative estimate of drug-likeness (QED) is 0.803. The number of pyridine rings is 1. The minimum Gasteiger partial charge on any atom is -0.476 e. The summed E-state index contributed by atoms with van der Waals surface area (Å²) in [6.45, 7) is 1.71. The molecule has 2 aliphatic rings. The van der Waals surface area contributed by atoms with Gasteiger partial charge in [-0.15, -0.1) is 0 Å². The first-order chi connectivity index (χ1) is 9.21. The summed E-state index contributed by atoms with van der Waals surface area (Å²) in [4.78, 5) is 4.47. The molecular formula is C14H21N3OS. The van der Waals surface area contributed by atoms with Crippen LogP contribution >= 0.6 is 11.8 Å². The fourth-order valence-corrected chi connectivity index (χ4v) is 2.72. The van der Waals surface area contributed by atoms with Gasteiger partial charge >= 0.3 is 0 Å². The lowest BCUT2D eigenvalue weighted by atomic mass is 10.3. The zero-order valence-electron chi connectivity index (χ0n) is 11.3. The van der Waals surface area contributed by atoms with Crippen LogP contribution in [-0.4, -0.2) is 29.1 Å². The topological polar surface area (TPSA) is 60.2 Å². The number of nitrogen functional groups attached to an aromatic ring is 1. The number of anilines is 2. The minimum atomic E-state index is 0.429. The zero-order valence-corrected chi connectivity index (χ0v) is 12.1. The summed E-state index contributed by atoms with van der Waals surface area (Å²) in [5.41, 5.74) is 6.52. The smallest absolute Gasteiger partial charge is 0.239 e. The van der Waals surface area contributed by atoms with Crippen molar-refractivity contribution in [2.24, 2.45) is 5.92 Å². The second kappa shape index (κ2) is 5.12. The molecule has 0 aromatic carbocycles. The van der Waals surface area contributed by atoms with Crippen molar-refractivity contribution < 1.29 is 4.74 Å². The molecule has 2 fully saturated rings. The van der Waals surface area contributed by atoms with E-state index >= 15 is 0 Å². The highest BCUT2D eigenvalue weighted by atomic mass is 32.2. The van der Waals surface area contributed by atoms with Crippen LogP contribution in [-0.2, 0) is 0 Å². The van der Waals surface area contributed by atoms with E-state index in [1.807, 2.05) is 23.9 Å². The highest BCUT2D eigenvalue weighted by Gasteiger charge is 2.41. The van der Waals surface area contributed by atoms with Gasteiger partial charge in [0.05, 0.1) is 12.3 Å². The monoisotopic (exact) mass is 279 g/mol. The maximum atomic E-state index is 5.90. The maximum absolute atomic E-state index is 5.90. The van der Waals surface area contributed by atoms with Crippen molar-refractivity contribution in [3.63, 3.8) is 0 Å². The first kappa shape index (κ1) is 12.9. The molecule has 3 N–H and O–H groups in total. The fraction of sp³-hybridized carbons (Fsp3) is 0.643. The summed E-state index contributed by atoms with van der Waals surface area (Å²) in [5.74, 6) is 2.15. The SMILES string of the molecule is CSC1(CNc2ccc(N)c(OCC3CC3)n2)CC1. The Balaban J connectivity index is 1.59. The van der Waals surface area contributed by atoms with E-state index in [4.69, 9.17) is 10.5 Å². The van der Waals surface area contributed by atoms with Crippen molar-refractivity contribution in [2.75, 3.05) is 30.5 Å². The molecule has 1 aromatic rings. The average molecular weight is 279 g/mol. The lowest BCUT2D eigenvalue weighted by Gasteiger charge is -2.15. The second-order valence-corrected chi connectivity index (χ2v) is 6.86. The van der Waals surface area contributed by atoms with Gasteiger partial charge in [0, 0.05) is 11.3 Å². The Labute approximate surface area is 118 Å². The van der Waals surface area contributed by atoms with Crippen molar-refractivity contribution in [3.8, 4) is 5.88 Å². The van der Waals surface area contributed by atoms with Gasteiger partial charge in [0.2, 0.25) is 5.88 Å². The first-order valence-corrected chi connectivity index (χ1v) is 8.12. The van der Waals surface area contributed by atoms with Crippen molar-refractivity contribution in [3.05, 3.63) is 12.1 Å². The summed E-state index contributed by atoms with van der Waals surface area (Å²) in [6, 6.07) is 3.80. The highest BCUT2D eigenvalue weighted by Crippen LogP contribution is 2.47. The van der Waals surface area contributed by atoms with E-state index in [1.165, 1.54) is 25.7 Å². The van der Waals surface area contributed by atoms with Crippen LogP contribution in [0, 0.1) is 5.92 Å². The molecule has 3 rings (SSSR count). The predicted octanol–water partition coefficient (Wildman–Crippen LogP) is 2.76. The molecule has 104 valence electrons. The molecule has 0 spiro atoms. The van der Waals surface area contributed by atoms with E-state index in [-0.39, 0.29) is 0 Å². The molecular weight excluding hydrogens is 258 g/mol. The average Bonchev–Trinajstić information content (AvgIpc) is 3.32. The maximum Gasteiger partial charge on any atom is 0.239 e. The van der Waals surface area contributed by atoms with Crippen LogP contribution in [0.5, 0.6) is 5.88 Å². The molecule has 4 nitrogen and oxygen atoms in total. The van der Waals surface area contributed by atoms with Gasteiger partial charge in [0.25, 0.3) is 0 Å². The van der Waals surface area contributed by atoms with E-state index in [9.17, 15) is 0 Å². The number of ether oxygens (including phenoxy) is 1. The standard InChI is InChI=1S/C14H21N3OS/c1-19-14(6-7-14)9-16-12-5-4-11(15)13(17-12)18-8-10-2-3-10/h4-5,10H,2-3,6-9,15H2,1H3,(H,16,17). The predicted molar refractivity (Wildman–Crippen MR) is 80.8 cm³/mol. The Hall–Kier alpha value is -1.10. The number of hydrogen-bond donors (Lipinski definition) is 2. The number of thioether (sulfide) groups is 1. The van der Waals surface area contributed by atoms with Gasteiger partial charge in [0.15, 0.2) is 0 Å². The van der Waals surface area contributed by atoms with Gasteiger partial charge in [-0.25, -0.2) is 0 Å². The van der Waals surface area contributed by atoms with Crippen LogP contribution in [0.3, 0.4) is 0 Å². The highest BCUT2D eigenvalue weighted by molar-refractivity contribution is 8.00. The summed E-state index contributed by atoms with van der Waals surface area (Å²) in [6.07, 6.45) is 7.31. The molecule has 0 unspecified atom stereocenters. The Morgan fingerprint density at radius 1 is 1.47 bits per heavy atom. The van der Waals surface area contributed by atoms with Crippen molar-refractivity contribution in [1.29, 1.82) is 0 Å². The molecule has 0 bridgehead atoms. The van der Waals surface area contributed by atoms with Gasteiger partial charge in [-0.05, 0) is 50.0 Å². The largest absolute Gasteiger partial charge is 0.476 e. The molecule has 2 saturated carbocycles. The van der Waals surface area contributed by atoms with Gasteiger partial charge < -0.3 is 15.8 Å². The van der Waals surface area contributed by atoms with Gasteiger partial charge in [-0.1, -0.05) is 0 Å². The summed E-state index contributed by atoms with van der Waals surface area (Å²) in [7, 11) is 0. The van der Waals surface area contributed by atoms with Crippen LogP contribution < -0.4 is 15.8 Å². The third-order valence-electron chi connectivity index (χ3n) is 3.87. The Morgan fingerprint density at radius 3 is 2.89 bits per heavy atom. The zero-order chi connectivity index (χ0) is 13.3. The van der Waals surface area contributed by atoms with Crippen LogP contribution in [0.15, 0.2) is 12.1 Å². The van der Waals surface area contributed by atoms with E-state index < -0.39 is 0 Å². The molecule has 0 radical (unpaired) electrons. The third kappa shape index (κ3) is 3.26. The summed E-state index contributed by atoms with van der Waals surface area (Å²) >= 11 is 1.94. The number of nitrogens with two attached hydrogens (primary N) is 1. The van der Waals surface area contributed by atoms with Crippen molar-refractivity contribution in [2.45, 2.75) is 30.4 Å². The molecule has 1 aromatic heterocycles. The molecule has 19 heavy (non-hydrogen) atoms. The number of aromatic nitrogens is 1. The minimum absolute atomic E-state index is 0.429. The number of nitrogens with one attached hydrogen (secondary N) is 1. The molecule has 2 aliphatic carbocycles. The summed E-state index contributed by atoms with van der Waals surface area (Å²) in [5, 5.41) is 3.40. The molecule has 5 heteroatoms.